The van der Waals surface area contributed by atoms with Crippen LogP contribution in [-0.2, 0) is 45.8 Å². The van der Waals surface area contributed by atoms with Crippen molar-refractivity contribution in [2.45, 2.75) is 147 Å². The molecule has 444 valence electrons. The molecule has 2 aromatic carbocycles. The topological polar surface area (TPSA) is 305 Å². The van der Waals surface area contributed by atoms with E-state index in [0.29, 0.717) is 23.8 Å². The second kappa shape index (κ2) is 26.5. The summed E-state index contributed by atoms with van der Waals surface area (Å²) in [6.07, 6.45) is 12.7. The number of piperidine rings is 2. The van der Waals surface area contributed by atoms with Crippen LogP contribution in [0.3, 0.4) is 0 Å². The van der Waals surface area contributed by atoms with Gasteiger partial charge in [-0.3, -0.25) is 9.59 Å². The minimum Gasteiger partial charge on any atom is -0.481 e. The molecule has 82 heavy (non-hydrogen) atoms. The minimum atomic E-state index is -3.68. The number of amides is 2. The van der Waals surface area contributed by atoms with Crippen molar-refractivity contribution in [1.82, 2.24) is 49.5 Å². The van der Waals surface area contributed by atoms with E-state index in [9.17, 15) is 22.8 Å². The van der Waals surface area contributed by atoms with Gasteiger partial charge in [0.05, 0.1) is 41.2 Å². The Morgan fingerprint density at radius 2 is 1.29 bits per heavy atom. The van der Waals surface area contributed by atoms with Crippen LogP contribution in [0.5, 0.6) is 0 Å². The second-order valence-corrected chi connectivity index (χ2v) is 25.4. The third-order valence-corrected chi connectivity index (χ3v) is 15.7. The fraction of sp³-hybridized carbons (Fsp3) is 0.526. The zero-order chi connectivity index (χ0) is 59.7. The highest BCUT2D eigenvalue weighted by Gasteiger charge is 2.44. The molecule has 5 atom stereocenters. The van der Waals surface area contributed by atoms with E-state index in [4.69, 9.17) is 48.9 Å². The van der Waals surface area contributed by atoms with Crippen LogP contribution in [-0.4, -0.2) is 137 Å². The molecule has 2 amide bonds. The fourth-order valence-electron chi connectivity index (χ4n) is 10.8. The zero-order valence-electron chi connectivity index (χ0n) is 48.4. The molecule has 0 saturated carbocycles. The number of hydrogen-bond acceptors (Lipinski definition) is 17. The van der Waals surface area contributed by atoms with E-state index in [-0.39, 0.29) is 30.1 Å². The van der Waals surface area contributed by atoms with Crippen molar-refractivity contribution in [3.8, 4) is 0 Å². The van der Waals surface area contributed by atoms with Gasteiger partial charge in [0.2, 0.25) is 15.9 Å². The molecule has 0 radical (unpaired) electrons. The fourth-order valence-corrected chi connectivity index (χ4v) is 11.7. The smallest absolute Gasteiger partial charge is 0.407 e. The Bertz CT molecular complexity index is 3420. The van der Waals surface area contributed by atoms with Gasteiger partial charge in [0.25, 0.3) is 0 Å². The lowest BCUT2D eigenvalue weighted by atomic mass is 9.85. The van der Waals surface area contributed by atoms with Crippen LogP contribution < -0.4 is 30.9 Å². The van der Waals surface area contributed by atoms with Crippen molar-refractivity contribution in [3.63, 3.8) is 0 Å². The molecule has 23 nitrogen and oxygen atoms in total. The molecular weight excluding hydrogens is 1090 g/mol. The maximum Gasteiger partial charge on any atom is 0.407 e. The number of carbonyl (C=O) groups is 3. The van der Waals surface area contributed by atoms with E-state index in [1.54, 1.807) is 54.5 Å². The Hall–Kier alpha value is -7.06. The summed E-state index contributed by atoms with van der Waals surface area (Å²) in [5.74, 6) is 0.794. The maximum atomic E-state index is 14.1. The van der Waals surface area contributed by atoms with Crippen LogP contribution in [0, 0.1) is 18.6 Å². The number of carboxylic acid groups (broad SMARTS) is 1. The lowest BCUT2D eigenvalue weighted by molar-refractivity contribution is -0.142. The Morgan fingerprint density at radius 3 is 1.82 bits per heavy atom. The molecule has 0 aliphatic carbocycles. The normalized spacial score (nSPS) is 20.1. The largest absolute Gasteiger partial charge is 0.481 e. The van der Waals surface area contributed by atoms with Gasteiger partial charge in [0, 0.05) is 74.4 Å². The number of fused-ring (bicyclic) bond motifs is 2. The number of hydrogen-bond donors (Lipinski definition) is 6. The summed E-state index contributed by atoms with van der Waals surface area (Å²) in [6, 6.07) is 22.5. The summed E-state index contributed by atoms with van der Waals surface area (Å²) >= 11 is 0. The van der Waals surface area contributed by atoms with Crippen molar-refractivity contribution in [2.24, 2.45) is 5.73 Å². The molecule has 25 heteroatoms. The number of likely N-dealkylation sites (tertiary alicyclic amines) is 1. The first-order valence-electron chi connectivity index (χ1n) is 27.8. The first-order chi connectivity index (χ1) is 38.6. The summed E-state index contributed by atoms with van der Waals surface area (Å²) in [6.45, 7) is 19.6. The van der Waals surface area contributed by atoms with Crippen molar-refractivity contribution < 1.29 is 41.1 Å². The van der Waals surface area contributed by atoms with Gasteiger partial charge >= 0.3 is 22.6 Å². The molecule has 6 aromatic rings. The van der Waals surface area contributed by atoms with E-state index < -0.39 is 43.0 Å². The Morgan fingerprint density at radius 1 is 0.756 bits per heavy atom. The maximum absolute atomic E-state index is 14.1. The molecule has 0 bridgehead atoms. The molecule has 4 saturated heterocycles. The van der Waals surface area contributed by atoms with Crippen molar-refractivity contribution >= 4 is 61.4 Å². The number of nitrogens with zero attached hydrogens (tertiary/aromatic N) is 9. The number of carboxylic acids is 1. The summed E-state index contributed by atoms with van der Waals surface area (Å²) in [4.78, 5) is 53.1. The standard InChI is InChI=1S/C26H35N7O3S.C21H32N6O2.C10H12O2.HNO2S/c1-18-16-33-23(28-24(18)31-14-12-20(27)17-31)15-21(29-33)22-11-7-8-13-32(22)25(34)26(2,30-37(3,35)36)19-9-5-4-6-10-19;1-14-12-27-18(11-17(25-27)16-7-5-6-9-22-16)24-19(14)26-10-8-15(13-26)23-20(28)29-21(2,3)4;1-10(2,9(11)12)8-6-4-3-5-7-8;1-4(2)3/h4-6,9-10,15-16,20,22,30H,7-8,11-14,17,27H2,1-3H3;11-12,15-16,22H,5-10,13H2,1-4H3,(H,23,28);3-7H,1-2H3,(H,11,12);1H/t20-,22-,26+;15-,16-;;/m00../s1. The average Bonchev–Trinajstić information content (AvgIpc) is 3.51. The molecule has 8 heterocycles. The number of aromatic nitrogens is 6. The number of sulfonamides is 1. The highest BCUT2D eigenvalue weighted by molar-refractivity contribution is 7.88. The molecule has 10 rings (SSSR count). The number of nitrogens with one attached hydrogen (secondary N) is 4. The summed E-state index contributed by atoms with van der Waals surface area (Å²) < 4.78 is 59.2. The van der Waals surface area contributed by atoms with Gasteiger partial charge in [-0.05, 0) is 118 Å². The molecule has 4 fully saturated rings. The van der Waals surface area contributed by atoms with Crippen LogP contribution in [0.2, 0.25) is 0 Å². The van der Waals surface area contributed by atoms with E-state index in [0.717, 1.165) is 123 Å². The predicted molar refractivity (Wildman–Crippen MR) is 314 cm³/mol. The van der Waals surface area contributed by atoms with Crippen molar-refractivity contribution in [2.75, 3.05) is 55.3 Å². The summed E-state index contributed by atoms with van der Waals surface area (Å²) in [5, 5.41) is 25.0. The quantitative estimate of drug-likeness (QED) is 0.0784. The molecule has 4 aliphatic heterocycles. The minimum absolute atomic E-state index is 0.0641. The number of aliphatic carboxylic acids is 1. The van der Waals surface area contributed by atoms with E-state index >= 15 is 0 Å². The lowest BCUT2D eigenvalue weighted by Gasteiger charge is -2.41. The van der Waals surface area contributed by atoms with Crippen molar-refractivity contribution in [1.29, 1.82) is 4.78 Å². The SMILES string of the molecule is CC(C)(C(=O)O)c1ccccc1.Cc1cn2nc([C@@H]3CCCCN3)cc2nc1N1CC[C@H](NC(=O)OC(C)(C)C)C1.Cc1cn2nc([C@@H]3CCCCN3C(=O)[C@](C)(NS(C)(=O)=O)c3ccccc3)cc2nc1N1CC[C@H](N)C1.N=S(=O)=O. The predicted octanol–water partition coefficient (Wildman–Crippen LogP) is 6.73. The van der Waals surface area contributed by atoms with Gasteiger partial charge in [0.15, 0.2) is 11.3 Å². The number of rotatable bonds is 11. The van der Waals surface area contributed by atoms with Crippen LogP contribution in [0.25, 0.3) is 11.3 Å². The highest BCUT2D eigenvalue weighted by atomic mass is 32.2. The third-order valence-electron chi connectivity index (χ3n) is 15.0. The first-order valence-corrected chi connectivity index (χ1v) is 30.8. The lowest BCUT2D eigenvalue weighted by Crippen LogP contribution is -2.56. The number of anilines is 2. The second-order valence-electron chi connectivity index (χ2n) is 23.2. The van der Waals surface area contributed by atoms with Crippen LogP contribution >= 0.6 is 0 Å². The van der Waals surface area contributed by atoms with Gasteiger partial charge in [0.1, 0.15) is 22.8 Å². The zero-order valence-corrected chi connectivity index (χ0v) is 50.1. The highest BCUT2D eigenvalue weighted by Crippen LogP contribution is 2.36. The molecule has 4 aromatic heterocycles. The number of ether oxygens (including phenoxy) is 1. The van der Waals surface area contributed by atoms with Gasteiger partial charge in [-0.1, -0.05) is 67.1 Å². The van der Waals surface area contributed by atoms with E-state index in [1.165, 1.54) is 12.8 Å². The van der Waals surface area contributed by atoms with Crippen LogP contribution in [0.4, 0.5) is 16.4 Å². The summed E-state index contributed by atoms with van der Waals surface area (Å²) in [5.41, 5.74) is 10.3. The van der Waals surface area contributed by atoms with Crippen LogP contribution in [0.1, 0.15) is 139 Å². The number of aryl methyl sites for hydroxylation is 2. The van der Waals surface area contributed by atoms with Gasteiger partial charge in [-0.15, -0.1) is 0 Å². The van der Waals surface area contributed by atoms with Gasteiger partial charge < -0.3 is 40.9 Å². The average molecular weight is 1170 g/mol. The Labute approximate surface area is 481 Å². The monoisotopic (exact) mass is 1170 g/mol. The number of carbonyl (C=O) groups excluding carboxylic acids is 2. The van der Waals surface area contributed by atoms with E-state index in [2.05, 4.69) is 44.3 Å². The Balaban J connectivity index is 0.000000190. The first kappa shape index (κ1) is 62.5. The molecule has 4 aliphatic rings. The third kappa shape index (κ3) is 16.1. The number of alkyl carbamates (subject to hydrolysis) is 1. The van der Waals surface area contributed by atoms with Crippen LogP contribution in [0.15, 0.2) is 85.2 Å². The molecular formula is C57H80N14O9S2. The van der Waals surface area contributed by atoms with E-state index in [1.807, 2.05) is 80.9 Å². The number of benzene rings is 2. The molecule has 0 spiro atoms. The molecule has 0 unspecified atom stereocenters. The van der Waals surface area contributed by atoms with Crippen molar-refractivity contribution in [3.05, 3.63) is 119 Å². The molecule has 7 N–H and O–H groups in total. The van der Waals surface area contributed by atoms with Gasteiger partial charge in [-0.2, -0.15) is 28.1 Å². The van der Waals surface area contributed by atoms with Gasteiger partial charge in [-0.25, -0.2) is 32.2 Å². The Kier molecular flexibility index (Phi) is 20.2. The number of nitrogens with two attached hydrogens (primary N) is 1. The summed E-state index contributed by atoms with van der Waals surface area (Å²) in [7, 11) is -6.29.